The Hall–Kier alpha value is -1.44. The van der Waals surface area contributed by atoms with Gasteiger partial charge in [-0.2, -0.15) is 0 Å². The standard InChI is InChI=1S/C13H15FN2O2S2/c1-8-6-7-11(19-8)9(2)16-20(17,18)12-5-3-4-10(14)13(12)15/h3-7,9,16H,15H2,1-2H3. The Balaban J connectivity index is 2.30. The number of hydrogen-bond acceptors (Lipinski definition) is 4. The molecule has 2 aromatic rings. The van der Waals surface area contributed by atoms with Crippen LogP contribution in [0, 0.1) is 12.7 Å². The number of thiophene rings is 1. The van der Waals surface area contributed by atoms with Crippen LogP contribution in [0.2, 0.25) is 0 Å². The van der Waals surface area contributed by atoms with Crippen molar-refractivity contribution in [1.29, 1.82) is 0 Å². The molecule has 0 aliphatic heterocycles. The number of nitrogen functional groups attached to an aromatic ring is 1. The van der Waals surface area contributed by atoms with Crippen LogP contribution in [0.1, 0.15) is 22.7 Å². The van der Waals surface area contributed by atoms with Crippen LogP contribution in [0.4, 0.5) is 10.1 Å². The summed E-state index contributed by atoms with van der Waals surface area (Å²) in [7, 11) is -3.86. The lowest BCUT2D eigenvalue weighted by Gasteiger charge is -2.14. The average molecular weight is 314 g/mol. The highest BCUT2D eigenvalue weighted by atomic mass is 32.2. The van der Waals surface area contributed by atoms with Gasteiger partial charge in [0.15, 0.2) is 0 Å². The molecule has 3 N–H and O–H groups in total. The highest BCUT2D eigenvalue weighted by molar-refractivity contribution is 7.89. The van der Waals surface area contributed by atoms with Gasteiger partial charge >= 0.3 is 0 Å². The molecule has 1 aromatic carbocycles. The summed E-state index contributed by atoms with van der Waals surface area (Å²) in [5, 5.41) is 0. The molecular weight excluding hydrogens is 299 g/mol. The minimum absolute atomic E-state index is 0.238. The highest BCUT2D eigenvalue weighted by Gasteiger charge is 2.22. The Morgan fingerprint density at radius 1 is 1.30 bits per heavy atom. The first-order valence-electron chi connectivity index (χ1n) is 5.94. The number of rotatable bonds is 4. The molecule has 0 spiro atoms. The summed E-state index contributed by atoms with van der Waals surface area (Å²) in [6.45, 7) is 3.68. The molecule has 0 fully saturated rings. The molecule has 20 heavy (non-hydrogen) atoms. The number of hydrogen-bond donors (Lipinski definition) is 2. The Bertz CT molecular complexity index is 726. The normalized spacial score (nSPS) is 13.3. The van der Waals surface area contributed by atoms with E-state index in [9.17, 15) is 12.8 Å². The Kier molecular flexibility index (Phi) is 4.12. The van der Waals surface area contributed by atoms with E-state index < -0.39 is 21.9 Å². The van der Waals surface area contributed by atoms with Gasteiger partial charge in [0.05, 0.1) is 11.7 Å². The molecule has 1 unspecified atom stereocenters. The fourth-order valence-corrected chi connectivity index (χ4v) is 4.11. The van der Waals surface area contributed by atoms with Crippen molar-refractivity contribution in [3.8, 4) is 0 Å². The lowest BCUT2D eigenvalue weighted by atomic mass is 10.3. The summed E-state index contributed by atoms with van der Waals surface area (Å²) >= 11 is 1.51. The van der Waals surface area contributed by atoms with Gasteiger partial charge < -0.3 is 5.73 Å². The third-order valence-corrected chi connectivity index (χ3v) is 5.60. The number of benzene rings is 1. The summed E-state index contributed by atoms with van der Waals surface area (Å²) < 4.78 is 40.3. The number of para-hydroxylation sites is 1. The van der Waals surface area contributed by atoms with Crippen LogP contribution in [0.3, 0.4) is 0 Å². The van der Waals surface area contributed by atoms with Crippen LogP contribution in [0.15, 0.2) is 35.2 Å². The molecule has 0 saturated carbocycles. The van der Waals surface area contributed by atoms with Gasteiger partial charge in [0.1, 0.15) is 10.7 Å². The van der Waals surface area contributed by atoms with Crippen molar-refractivity contribution in [2.75, 3.05) is 5.73 Å². The van der Waals surface area contributed by atoms with Gasteiger partial charge in [0.2, 0.25) is 10.0 Å². The number of nitrogens with one attached hydrogen (secondary N) is 1. The lowest BCUT2D eigenvalue weighted by molar-refractivity contribution is 0.566. The van der Waals surface area contributed by atoms with E-state index in [2.05, 4.69) is 4.72 Å². The largest absolute Gasteiger partial charge is 0.395 e. The first-order chi connectivity index (χ1) is 9.31. The Morgan fingerprint density at radius 3 is 2.60 bits per heavy atom. The topological polar surface area (TPSA) is 72.2 Å². The zero-order valence-electron chi connectivity index (χ0n) is 11.1. The smallest absolute Gasteiger partial charge is 0.243 e. The molecule has 0 saturated heterocycles. The van der Waals surface area contributed by atoms with Gasteiger partial charge in [-0.05, 0) is 38.1 Å². The molecule has 0 amide bonds. The van der Waals surface area contributed by atoms with Gasteiger partial charge in [-0.25, -0.2) is 17.5 Å². The minimum Gasteiger partial charge on any atom is -0.395 e. The number of sulfonamides is 1. The van der Waals surface area contributed by atoms with E-state index in [4.69, 9.17) is 5.73 Å². The number of anilines is 1. The maximum atomic E-state index is 13.4. The van der Waals surface area contributed by atoms with Crippen molar-refractivity contribution in [2.45, 2.75) is 24.8 Å². The van der Waals surface area contributed by atoms with Gasteiger partial charge in [0, 0.05) is 9.75 Å². The molecule has 1 atom stereocenters. The molecule has 0 aliphatic carbocycles. The molecule has 0 radical (unpaired) electrons. The summed E-state index contributed by atoms with van der Waals surface area (Å²) in [6.07, 6.45) is 0. The van der Waals surface area contributed by atoms with Crippen LogP contribution in [0.25, 0.3) is 0 Å². The van der Waals surface area contributed by atoms with E-state index in [1.807, 2.05) is 19.1 Å². The molecule has 7 heteroatoms. The third-order valence-electron chi connectivity index (χ3n) is 2.82. The maximum absolute atomic E-state index is 13.4. The summed E-state index contributed by atoms with van der Waals surface area (Å²) in [4.78, 5) is 1.75. The quantitative estimate of drug-likeness (QED) is 0.852. The number of aryl methyl sites for hydroxylation is 1. The molecule has 1 aromatic heterocycles. The Labute approximate surface area is 121 Å². The van der Waals surface area contributed by atoms with Crippen molar-refractivity contribution in [3.63, 3.8) is 0 Å². The van der Waals surface area contributed by atoms with E-state index in [-0.39, 0.29) is 10.6 Å². The molecule has 0 bridgehead atoms. The fraction of sp³-hybridized carbons (Fsp3) is 0.231. The zero-order chi connectivity index (χ0) is 14.9. The Morgan fingerprint density at radius 2 is 2.00 bits per heavy atom. The molecule has 108 valence electrons. The van der Waals surface area contributed by atoms with Crippen LogP contribution in [0.5, 0.6) is 0 Å². The monoisotopic (exact) mass is 314 g/mol. The van der Waals surface area contributed by atoms with E-state index in [1.165, 1.54) is 23.5 Å². The molecular formula is C13H15FN2O2S2. The van der Waals surface area contributed by atoms with Crippen LogP contribution < -0.4 is 10.5 Å². The van der Waals surface area contributed by atoms with E-state index in [1.54, 1.807) is 6.92 Å². The highest BCUT2D eigenvalue weighted by Crippen LogP contribution is 2.26. The van der Waals surface area contributed by atoms with Crippen LogP contribution >= 0.6 is 11.3 Å². The first kappa shape index (κ1) is 15.0. The molecule has 4 nitrogen and oxygen atoms in total. The van der Waals surface area contributed by atoms with E-state index >= 15 is 0 Å². The van der Waals surface area contributed by atoms with Crippen molar-refractivity contribution in [1.82, 2.24) is 4.72 Å². The minimum atomic E-state index is -3.86. The predicted octanol–water partition coefficient (Wildman–Crippen LogP) is 2.82. The average Bonchev–Trinajstić information content (AvgIpc) is 2.79. The van der Waals surface area contributed by atoms with E-state index in [0.29, 0.717) is 0 Å². The second kappa shape index (κ2) is 5.51. The molecule has 0 aliphatic rings. The lowest BCUT2D eigenvalue weighted by Crippen LogP contribution is -2.27. The van der Waals surface area contributed by atoms with Crippen LogP contribution in [-0.2, 0) is 10.0 Å². The molecule has 2 rings (SSSR count). The number of nitrogens with two attached hydrogens (primary N) is 1. The maximum Gasteiger partial charge on any atom is 0.243 e. The van der Waals surface area contributed by atoms with Gasteiger partial charge in [0.25, 0.3) is 0 Å². The second-order valence-corrected chi connectivity index (χ2v) is 7.44. The second-order valence-electron chi connectivity index (χ2n) is 4.44. The zero-order valence-corrected chi connectivity index (χ0v) is 12.7. The van der Waals surface area contributed by atoms with E-state index in [0.717, 1.165) is 15.8 Å². The predicted molar refractivity (Wildman–Crippen MR) is 78.6 cm³/mol. The van der Waals surface area contributed by atoms with Crippen molar-refractivity contribution < 1.29 is 12.8 Å². The van der Waals surface area contributed by atoms with Gasteiger partial charge in [-0.1, -0.05) is 6.07 Å². The van der Waals surface area contributed by atoms with Gasteiger partial charge in [-0.15, -0.1) is 11.3 Å². The van der Waals surface area contributed by atoms with Crippen molar-refractivity contribution >= 4 is 27.0 Å². The van der Waals surface area contributed by atoms with Gasteiger partial charge in [-0.3, -0.25) is 0 Å². The number of halogens is 1. The third kappa shape index (κ3) is 3.00. The summed E-state index contributed by atoms with van der Waals surface area (Å²) in [6, 6.07) is 7.11. The first-order valence-corrected chi connectivity index (χ1v) is 8.24. The molecule has 1 heterocycles. The van der Waals surface area contributed by atoms with Crippen LogP contribution in [-0.4, -0.2) is 8.42 Å². The van der Waals surface area contributed by atoms with Crippen molar-refractivity contribution in [3.05, 3.63) is 45.9 Å². The van der Waals surface area contributed by atoms with Crippen molar-refractivity contribution in [2.24, 2.45) is 0 Å². The summed E-state index contributed by atoms with van der Waals surface area (Å²) in [5.41, 5.74) is 5.13. The fourth-order valence-electron chi connectivity index (χ4n) is 1.79. The summed E-state index contributed by atoms with van der Waals surface area (Å²) in [5.74, 6) is -0.743. The SMILES string of the molecule is Cc1ccc(C(C)NS(=O)(=O)c2cccc(F)c2N)s1.